The van der Waals surface area contributed by atoms with Gasteiger partial charge in [-0.05, 0) is 68.7 Å². The van der Waals surface area contributed by atoms with Gasteiger partial charge in [0.05, 0.1) is 16.4 Å². The average molecular weight is 470 g/mol. The van der Waals surface area contributed by atoms with Crippen LogP contribution in [0.4, 0.5) is 11.4 Å². The molecule has 0 saturated heterocycles. The summed E-state index contributed by atoms with van der Waals surface area (Å²) < 4.78 is 5.79. The molecule has 0 saturated carbocycles. The maximum Gasteiger partial charge on any atom is 0.268 e. The number of nitrogens with zero attached hydrogens (tertiary/aromatic N) is 2. The first-order chi connectivity index (χ1) is 15.4. The molecule has 2 amide bonds. The standard InChI is InChI=1S/C24H24ClN3O3S/c1-4-5-23-27-19(13-32-23)16-6-9-21-20(11-16)28(24(30)15(3)31-21)12-22(29)26-18-8-7-17(25)10-14(18)2/h6-11,13,15H,4-5,12H2,1-3H3,(H,26,29). The SMILES string of the molecule is CCCc1nc(-c2ccc3c(c2)N(CC(=O)Nc2ccc(Cl)cc2C)C(=O)C(C)O3)cs1. The van der Waals surface area contributed by atoms with Gasteiger partial charge in [0.15, 0.2) is 6.10 Å². The van der Waals surface area contributed by atoms with Crippen molar-refractivity contribution in [3.05, 3.63) is 57.4 Å². The summed E-state index contributed by atoms with van der Waals surface area (Å²) in [6.45, 7) is 5.55. The van der Waals surface area contributed by atoms with Gasteiger partial charge < -0.3 is 10.1 Å². The van der Waals surface area contributed by atoms with Crippen molar-refractivity contribution < 1.29 is 14.3 Å². The normalized spacial score (nSPS) is 15.3. The molecule has 8 heteroatoms. The third-order valence-corrected chi connectivity index (χ3v) is 6.39. The zero-order valence-corrected chi connectivity index (χ0v) is 19.7. The highest BCUT2D eigenvalue weighted by molar-refractivity contribution is 7.09. The van der Waals surface area contributed by atoms with E-state index in [4.69, 9.17) is 21.3 Å². The smallest absolute Gasteiger partial charge is 0.268 e. The Bertz CT molecular complexity index is 1180. The molecule has 0 fully saturated rings. The fraction of sp³-hybridized carbons (Fsp3) is 0.292. The number of halogens is 1. The first-order valence-electron chi connectivity index (χ1n) is 10.5. The second kappa shape index (κ2) is 9.30. The van der Waals surface area contributed by atoms with Crippen LogP contribution in [0, 0.1) is 6.92 Å². The average Bonchev–Trinajstić information content (AvgIpc) is 3.22. The van der Waals surface area contributed by atoms with Gasteiger partial charge in [0.25, 0.3) is 5.91 Å². The minimum atomic E-state index is -0.672. The van der Waals surface area contributed by atoms with Gasteiger partial charge in [-0.15, -0.1) is 11.3 Å². The number of carbonyl (C=O) groups excluding carboxylic acids is 2. The van der Waals surface area contributed by atoms with Crippen molar-refractivity contribution in [1.82, 2.24) is 4.98 Å². The van der Waals surface area contributed by atoms with E-state index >= 15 is 0 Å². The van der Waals surface area contributed by atoms with Crippen LogP contribution in [0.25, 0.3) is 11.3 Å². The molecule has 166 valence electrons. The van der Waals surface area contributed by atoms with E-state index in [0.717, 1.165) is 34.7 Å². The van der Waals surface area contributed by atoms with Crippen LogP contribution in [0.15, 0.2) is 41.8 Å². The summed E-state index contributed by atoms with van der Waals surface area (Å²) in [6, 6.07) is 10.9. The van der Waals surface area contributed by atoms with E-state index < -0.39 is 6.10 Å². The quantitative estimate of drug-likeness (QED) is 0.519. The highest BCUT2D eigenvalue weighted by Gasteiger charge is 2.33. The van der Waals surface area contributed by atoms with E-state index in [-0.39, 0.29) is 18.4 Å². The maximum atomic E-state index is 12.9. The van der Waals surface area contributed by atoms with Crippen molar-refractivity contribution in [2.75, 3.05) is 16.8 Å². The lowest BCUT2D eigenvalue weighted by molar-refractivity contribution is -0.127. The van der Waals surface area contributed by atoms with Crippen molar-refractivity contribution in [3.8, 4) is 17.0 Å². The second-order valence-corrected chi connectivity index (χ2v) is 9.13. The largest absolute Gasteiger partial charge is 0.479 e. The number of hydrogen-bond acceptors (Lipinski definition) is 5. The number of benzene rings is 2. The molecule has 2 heterocycles. The Kier molecular flexibility index (Phi) is 6.48. The van der Waals surface area contributed by atoms with Crippen molar-refractivity contribution in [3.63, 3.8) is 0 Å². The Morgan fingerprint density at radius 3 is 2.84 bits per heavy atom. The molecule has 1 atom stereocenters. The van der Waals surface area contributed by atoms with E-state index in [1.807, 2.05) is 30.5 Å². The van der Waals surface area contributed by atoms with Gasteiger partial charge in [-0.25, -0.2) is 4.98 Å². The Labute approximate surface area is 196 Å². The Hall–Kier alpha value is -2.90. The number of carbonyl (C=O) groups is 2. The third kappa shape index (κ3) is 4.64. The summed E-state index contributed by atoms with van der Waals surface area (Å²) in [4.78, 5) is 31.9. The number of aromatic nitrogens is 1. The Morgan fingerprint density at radius 2 is 2.09 bits per heavy atom. The highest BCUT2D eigenvalue weighted by atomic mass is 35.5. The molecule has 0 bridgehead atoms. The van der Waals surface area contributed by atoms with E-state index in [0.29, 0.717) is 22.1 Å². The first-order valence-corrected chi connectivity index (χ1v) is 11.7. The topological polar surface area (TPSA) is 71.5 Å². The summed E-state index contributed by atoms with van der Waals surface area (Å²) in [7, 11) is 0. The first kappa shape index (κ1) is 22.3. The fourth-order valence-corrected chi connectivity index (χ4v) is 4.74. The third-order valence-electron chi connectivity index (χ3n) is 5.24. The van der Waals surface area contributed by atoms with Gasteiger partial charge in [0.1, 0.15) is 12.3 Å². The zero-order chi connectivity index (χ0) is 22.8. The summed E-state index contributed by atoms with van der Waals surface area (Å²) in [6.07, 6.45) is 1.30. The predicted molar refractivity (Wildman–Crippen MR) is 129 cm³/mol. The summed E-state index contributed by atoms with van der Waals surface area (Å²) in [5.41, 5.74) is 3.81. The molecule has 0 radical (unpaired) electrons. The van der Waals surface area contributed by atoms with Crippen LogP contribution >= 0.6 is 22.9 Å². The lowest BCUT2D eigenvalue weighted by Crippen LogP contribution is -2.47. The molecule has 4 rings (SSSR count). The summed E-state index contributed by atoms with van der Waals surface area (Å²) in [5, 5.41) is 6.57. The van der Waals surface area contributed by atoms with Crippen molar-refractivity contribution >= 4 is 46.1 Å². The molecule has 1 N–H and O–H groups in total. The molecule has 0 spiro atoms. The van der Waals surface area contributed by atoms with Crippen molar-refractivity contribution in [1.29, 1.82) is 0 Å². The van der Waals surface area contributed by atoms with Gasteiger partial charge in [-0.3, -0.25) is 14.5 Å². The van der Waals surface area contributed by atoms with Crippen LogP contribution in [-0.4, -0.2) is 29.4 Å². The van der Waals surface area contributed by atoms with Crippen LogP contribution in [0.5, 0.6) is 5.75 Å². The highest BCUT2D eigenvalue weighted by Crippen LogP contribution is 2.38. The number of thiazole rings is 1. The van der Waals surface area contributed by atoms with Crippen LogP contribution in [0.1, 0.15) is 30.8 Å². The summed E-state index contributed by atoms with van der Waals surface area (Å²) in [5.74, 6) is 0.0102. The molecular formula is C24H24ClN3O3S. The molecule has 6 nitrogen and oxygen atoms in total. The molecule has 0 aliphatic carbocycles. The molecule has 1 aliphatic rings. The molecule has 1 unspecified atom stereocenters. The monoisotopic (exact) mass is 469 g/mol. The van der Waals surface area contributed by atoms with Gasteiger partial charge in [-0.2, -0.15) is 0 Å². The minimum Gasteiger partial charge on any atom is -0.479 e. The van der Waals surface area contributed by atoms with Gasteiger partial charge in [-0.1, -0.05) is 18.5 Å². The van der Waals surface area contributed by atoms with Crippen LogP contribution in [-0.2, 0) is 16.0 Å². The molecule has 1 aromatic heterocycles. The molecule has 3 aromatic rings. The predicted octanol–water partition coefficient (Wildman–Crippen LogP) is 5.48. The van der Waals surface area contributed by atoms with E-state index in [1.165, 1.54) is 4.90 Å². The van der Waals surface area contributed by atoms with E-state index in [2.05, 4.69) is 12.2 Å². The number of anilines is 2. The zero-order valence-electron chi connectivity index (χ0n) is 18.1. The molecule has 32 heavy (non-hydrogen) atoms. The van der Waals surface area contributed by atoms with Gasteiger partial charge in [0.2, 0.25) is 5.91 Å². The van der Waals surface area contributed by atoms with Crippen molar-refractivity contribution in [2.24, 2.45) is 0 Å². The number of nitrogens with one attached hydrogen (secondary N) is 1. The second-order valence-electron chi connectivity index (χ2n) is 7.75. The van der Waals surface area contributed by atoms with Crippen LogP contribution < -0.4 is 15.0 Å². The number of amides is 2. The summed E-state index contributed by atoms with van der Waals surface area (Å²) >= 11 is 7.63. The number of rotatable bonds is 6. The van der Waals surface area contributed by atoms with Gasteiger partial charge >= 0.3 is 0 Å². The Balaban J connectivity index is 1.60. The number of fused-ring (bicyclic) bond motifs is 1. The maximum absolute atomic E-state index is 12.9. The van der Waals surface area contributed by atoms with Crippen molar-refractivity contribution in [2.45, 2.75) is 39.7 Å². The lowest BCUT2D eigenvalue weighted by atomic mass is 10.1. The fourth-order valence-electron chi connectivity index (χ4n) is 3.60. The van der Waals surface area contributed by atoms with Crippen LogP contribution in [0.2, 0.25) is 5.02 Å². The minimum absolute atomic E-state index is 0.122. The van der Waals surface area contributed by atoms with E-state index in [1.54, 1.807) is 36.5 Å². The molecule has 1 aliphatic heterocycles. The van der Waals surface area contributed by atoms with Gasteiger partial charge in [0, 0.05) is 21.7 Å². The van der Waals surface area contributed by atoms with E-state index in [9.17, 15) is 9.59 Å². The molecule has 2 aromatic carbocycles. The Morgan fingerprint density at radius 1 is 1.28 bits per heavy atom. The number of ether oxygens (including phenoxy) is 1. The lowest BCUT2D eigenvalue weighted by Gasteiger charge is -2.33. The molecular weight excluding hydrogens is 446 g/mol. The van der Waals surface area contributed by atoms with Crippen LogP contribution in [0.3, 0.4) is 0 Å². The number of aryl methyl sites for hydroxylation is 2. The number of hydrogen-bond donors (Lipinski definition) is 1.